The molecule has 0 saturated carbocycles. The maximum atomic E-state index is 11.5. The van der Waals surface area contributed by atoms with Crippen molar-refractivity contribution in [3.05, 3.63) is 12.7 Å². The molecule has 0 aromatic carbocycles. The van der Waals surface area contributed by atoms with E-state index in [9.17, 15) is 9.59 Å². The maximum Gasteiger partial charge on any atom is 0.328 e. The number of likely N-dealkylation sites (N-methyl/N-ethyl adjacent to an activating group) is 1. The highest BCUT2D eigenvalue weighted by atomic mass is 16.5. The van der Waals surface area contributed by atoms with E-state index in [1.165, 1.54) is 11.0 Å². The van der Waals surface area contributed by atoms with Crippen LogP contribution in [0.5, 0.6) is 0 Å². The molecule has 0 aromatic heterocycles. The first-order valence-corrected chi connectivity index (χ1v) is 4.96. The number of esters is 1. The summed E-state index contributed by atoms with van der Waals surface area (Å²) in [5.41, 5.74) is 0. The standard InChI is InChI=1S/C11H19NO3/c1-6-10(13)12(5)9(4)11(14)15-7-8(2)3/h6,8-9H,1,7H2,2-5H3. The van der Waals surface area contributed by atoms with Crippen molar-refractivity contribution in [1.82, 2.24) is 4.90 Å². The first kappa shape index (κ1) is 13.7. The van der Waals surface area contributed by atoms with E-state index in [2.05, 4.69) is 6.58 Å². The van der Waals surface area contributed by atoms with Gasteiger partial charge in [-0.25, -0.2) is 4.79 Å². The van der Waals surface area contributed by atoms with Crippen molar-refractivity contribution < 1.29 is 14.3 Å². The minimum atomic E-state index is -0.575. The molecule has 15 heavy (non-hydrogen) atoms. The van der Waals surface area contributed by atoms with E-state index < -0.39 is 6.04 Å². The van der Waals surface area contributed by atoms with Crippen LogP contribution in [0.25, 0.3) is 0 Å². The Morgan fingerprint density at radius 2 is 1.93 bits per heavy atom. The largest absolute Gasteiger partial charge is 0.464 e. The van der Waals surface area contributed by atoms with Crippen LogP contribution in [0.4, 0.5) is 0 Å². The molecule has 1 amide bonds. The van der Waals surface area contributed by atoms with E-state index in [1.54, 1.807) is 14.0 Å². The SMILES string of the molecule is C=CC(=O)N(C)C(C)C(=O)OCC(C)C. The topological polar surface area (TPSA) is 46.6 Å². The minimum Gasteiger partial charge on any atom is -0.464 e. The van der Waals surface area contributed by atoms with Gasteiger partial charge in [0, 0.05) is 7.05 Å². The molecule has 4 heteroatoms. The number of hydrogen-bond donors (Lipinski definition) is 0. The van der Waals surface area contributed by atoms with E-state index in [1.807, 2.05) is 13.8 Å². The quantitative estimate of drug-likeness (QED) is 0.509. The molecule has 0 fully saturated rings. The van der Waals surface area contributed by atoms with Gasteiger partial charge in [-0.15, -0.1) is 0 Å². The Labute approximate surface area is 90.9 Å². The predicted octanol–water partition coefficient (Wildman–Crippen LogP) is 1.22. The Bertz CT molecular complexity index is 248. The number of rotatable bonds is 5. The molecule has 0 aliphatic carbocycles. The number of carbonyl (C=O) groups is 2. The van der Waals surface area contributed by atoms with Gasteiger partial charge in [0.15, 0.2) is 0 Å². The Morgan fingerprint density at radius 3 is 2.33 bits per heavy atom. The van der Waals surface area contributed by atoms with Crippen LogP contribution in [-0.4, -0.2) is 36.5 Å². The zero-order valence-corrected chi connectivity index (χ0v) is 9.82. The molecule has 0 aromatic rings. The van der Waals surface area contributed by atoms with Crippen molar-refractivity contribution in [1.29, 1.82) is 0 Å². The summed E-state index contributed by atoms with van der Waals surface area (Å²) in [6.45, 7) is 9.27. The van der Waals surface area contributed by atoms with Gasteiger partial charge in [-0.2, -0.15) is 0 Å². The second-order valence-electron chi connectivity index (χ2n) is 3.85. The van der Waals surface area contributed by atoms with Gasteiger partial charge in [0.1, 0.15) is 6.04 Å². The van der Waals surface area contributed by atoms with Crippen LogP contribution in [0.3, 0.4) is 0 Å². The van der Waals surface area contributed by atoms with Gasteiger partial charge >= 0.3 is 5.97 Å². The molecule has 0 aliphatic rings. The predicted molar refractivity (Wildman–Crippen MR) is 58.2 cm³/mol. The van der Waals surface area contributed by atoms with E-state index in [-0.39, 0.29) is 11.9 Å². The molecule has 0 radical (unpaired) electrons. The molecule has 0 spiro atoms. The Hall–Kier alpha value is -1.32. The lowest BCUT2D eigenvalue weighted by Gasteiger charge is -2.22. The lowest BCUT2D eigenvalue weighted by Crippen LogP contribution is -2.40. The molecule has 0 bridgehead atoms. The average Bonchev–Trinajstić information content (AvgIpc) is 2.22. The fraction of sp³-hybridized carbons (Fsp3) is 0.636. The molecule has 0 N–H and O–H groups in total. The highest BCUT2D eigenvalue weighted by Gasteiger charge is 2.22. The molecule has 1 atom stereocenters. The number of nitrogens with zero attached hydrogens (tertiary/aromatic N) is 1. The summed E-state index contributed by atoms with van der Waals surface area (Å²) in [5.74, 6) is -0.382. The van der Waals surface area contributed by atoms with E-state index in [0.29, 0.717) is 12.5 Å². The monoisotopic (exact) mass is 213 g/mol. The van der Waals surface area contributed by atoms with Gasteiger partial charge in [0.25, 0.3) is 0 Å². The molecule has 0 saturated heterocycles. The number of ether oxygens (including phenoxy) is 1. The third-order valence-corrected chi connectivity index (χ3v) is 2.00. The van der Waals surface area contributed by atoms with Gasteiger partial charge in [0.2, 0.25) is 5.91 Å². The maximum absolute atomic E-state index is 11.5. The lowest BCUT2D eigenvalue weighted by atomic mass is 10.2. The van der Waals surface area contributed by atoms with Crippen LogP contribution in [0.15, 0.2) is 12.7 Å². The highest BCUT2D eigenvalue weighted by molar-refractivity contribution is 5.90. The normalized spacial score (nSPS) is 12.1. The number of hydrogen-bond acceptors (Lipinski definition) is 3. The van der Waals surface area contributed by atoms with Gasteiger partial charge in [0.05, 0.1) is 6.61 Å². The van der Waals surface area contributed by atoms with Crippen LogP contribution in [0, 0.1) is 5.92 Å². The smallest absolute Gasteiger partial charge is 0.328 e. The third-order valence-electron chi connectivity index (χ3n) is 2.00. The summed E-state index contributed by atoms with van der Waals surface area (Å²) in [5, 5.41) is 0. The second kappa shape index (κ2) is 6.22. The zero-order chi connectivity index (χ0) is 12.0. The van der Waals surface area contributed by atoms with Crippen molar-refractivity contribution >= 4 is 11.9 Å². The third kappa shape index (κ3) is 4.63. The van der Waals surface area contributed by atoms with E-state index >= 15 is 0 Å². The van der Waals surface area contributed by atoms with Gasteiger partial charge in [-0.3, -0.25) is 4.79 Å². The van der Waals surface area contributed by atoms with Crippen molar-refractivity contribution in [2.75, 3.05) is 13.7 Å². The molecule has 4 nitrogen and oxygen atoms in total. The van der Waals surface area contributed by atoms with Crippen LogP contribution in [-0.2, 0) is 14.3 Å². The molecule has 86 valence electrons. The number of carbonyl (C=O) groups excluding carboxylic acids is 2. The van der Waals surface area contributed by atoms with Crippen LogP contribution < -0.4 is 0 Å². The highest BCUT2D eigenvalue weighted by Crippen LogP contribution is 2.02. The summed E-state index contributed by atoms with van der Waals surface area (Å²) < 4.78 is 5.01. The summed E-state index contributed by atoms with van der Waals surface area (Å²) in [7, 11) is 1.55. The van der Waals surface area contributed by atoms with Gasteiger partial charge in [-0.05, 0) is 18.9 Å². The molecule has 1 unspecified atom stereocenters. The van der Waals surface area contributed by atoms with Crippen molar-refractivity contribution in [2.24, 2.45) is 5.92 Å². The van der Waals surface area contributed by atoms with E-state index in [0.717, 1.165) is 0 Å². The van der Waals surface area contributed by atoms with Crippen molar-refractivity contribution in [2.45, 2.75) is 26.8 Å². The first-order valence-electron chi connectivity index (χ1n) is 4.96. The Kier molecular flexibility index (Phi) is 5.67. The second-order valence-corrected chi connectivity index (χ2v) is 3.85. The first-order chi connectivity index (χ1) is 6.90. The lowest BCUT2D eigenvalue weighted by molar-refractivity contribution is -0.153. The fourth-order valence-electron chi connectivity index (χ4n) is 0.862. The summed E-state index contributed by atoms with van der Waals surface area (Å²) >= 11 is 0. The zero-order valence-electron chi connectivity index (χ0n) is 9.82. The van der Waals surface area contributed by atoms with Gasteiger partial charge in [-0.1, -0.05) is 20.4 Å². The molecule has 0 heterocycles. The van der Waals surface area contributed by atoms with E-state index in [4.69, 9.17) is 4.74 Å². The van der Waals surface area contributed by atoms with Crippen LogP contribution in [0.2, 0.25) is 0 Å². The summed E-state index contributed by atoms with van der Waals surface area (Å²) in [6.07, 6.45) is 1.17. The Balaban J connectivity index is 4.19. The molecule has 0 rings (SSSR count). The van der Waals surface area contributed by atoms with Crippen LogP contribution in [0.1, 0.15) is 20.8 Å². The summed E-state index contributed by atoms with van der Waals surface area (Å²) in [6, 6.07) is -0.575. The summed E-state index contributed by atoms with van der Waals surface area (Å²) in [4.78, 5) is 24.0. The fourth-order valence-corrected chi connectivity index (χ4v) is 0.862. The van der Waals surface area contributed by atoms with Crippen molar-refractivity contribution in [3.63, 3.8) is 0 Å². The minimum absolute atomic E-state index is 0.288. The van der Waals surface area contributed by atoms with Crippen LogP contribution >= 0.6 is 0 Å². The molecular weight excluding hydrogens is 194 g/mol. The molecular formula is C11H19NO3. The van der Waals surface area contributed by atoms with Gasteiger partial charge < -0.3 is 9.64 Å². The Morgan fingerprint density at radius 1 is 1.40 bits per heavy atom. The van der Waals surface area contributed by atoms with Crippen molar-refractivity contribution in [3.8, 4) is 0 Å². The molecule has 0 aliphatic heterocycles. The average molecular weight is 213 g/mol. The number of amides is 1.